The van der Waals surface area contributed by atoms with Gasteiger partial charge < -0.3 is 10.1 Å². The second kappa shape index (κ2) is 10.2. The van der Waals surface area contributed by atoms with Gasteiger partial charge in [-0.3, -0.25) is 10.1 Å². The summed E-state index contributed by atoms with van der Waals surface area (Å²) in [6.45, 7) is 3.73. The molecule has 0 unspecified atom stereocenters. The molecule has 0 aliphatic rings. The molecule has 0 atom stereocenters. The predicted molar refractivity (Wildman–Crippen MR) is 145 cm³/mol. The molecule has 4 aromatic rings. The smallest absolute Gasteiger partial charge is 0.258 e. The number of carbonyl (C=O) groups is 1. The number of thiocarbonyl (C=S) groups is 1. The van der Waals surface area contributed by atoms with Crippen LogP contribution in [0.4, 0.5) is 5.69 Å². The Bertz CT molecular complexity index is 1440. The zero-order valence-corrected chi connectivity index (χ0v) is 21.3. The maximum absolute atomic E-state index is 12.5. The highest BCUT2D eigenvalue weighted by Gasteiger charge is 2.17. The first-order valence-electron chi connectivity index (χ1n) is 10.3. The third kappa shape index (κ3) is 4.98. The Labute approximate surface area is 217 Å². The van der Waals surface area contributed by atoms with Gasteiger partial charge in [0, 0.05) is 21.5 Å². The van der Waals surface area contributed by atoms with Gasteiger partial charge in [-0.2, -0.15) is 0 Å². The van der Waals surface area contributed by atoms with E-state index in [4.69, 9.17) is 51.8 Å². The number of rotatable bonds is 4. The predicted octanol–water partition coefficient (Wildman–Crippen LogP) is 8.34. The van der Waals surface area contributed by atoms with E-state index in [-0.39, 0.29) is 5.11 Å². The van der Waals surface area contributed by atoms with Crippen LogP contribution in [0.15, 0.2) is 66.7 Å². The highest BCUT2D eigenvalue weighted by Crippen LogP contribution is 2.41. The number of hydrogen-bond acceptors (Lipinski definition) is 3. The van der Waals surface area contributed by atoms with Crippen molar-refractivity contribution in [2.24, 2.45) is 0 Å². The van der Waals surface area contributed by atoms with Crippen molar-refractivity contribution in [3.8, 4) is 11.5 Å². The molecule has 0 spiro atoms. The summed E-state index contributed by atoms with van der Waals surface area (Å²) >= 11 is 24.5. The maximum Gasteiger partial charge on any atom is 0.258 e. The molecule has 0 saturated carbocycles. The van der Waals surface area contributed by atoms with Crippen LogP contribution in [0.2, 0.25) is 15.1 Å². The number of nitrogens with one attached hydrogen (secondary N) is 2. The molecule has 0 aromatic heterocycles. The summed E-state index contributed by atoms with van der Waals surface area (Å²) in [6, 6.07) is 20.0. The molecule has 4 rings (SSSR count). The lowest BCUT2D eigenvalue weighted by Crippen LogP contribution is -2.34. The standard InChI is InChI=1S/C26H19Cl3N2O2S/c1-14-13-21(30-26(34)31-25(32)18-9-5-6-10-19(18)27)15(2)23(29)24(14)33-22-12-11-20(28)16-7-3-4-8-17(16)22/h3-13H,1-2H3,(H2,30,31,32,34). The molecule has 0 fully saturated rings. The molecule has 0 bridgehead atoms. The molecule has 0 saturated heterocycles. The fourth-order valence-corrected chi connectivity index (χ4v) is 4.45. The summed E-state index contributed by atoms with van der Waals surface area (Å²) in [7, 11) is 0. The summed E-state index contributed by atoms with van der Waals surface area (Å²) in [5.74, 6) is 0.772. The van der Waals surface area contributed by atoms with E-state index in [0.29, 0.717) is 37.8 Å². The van der Waals surface area contributed by atoms with Crippen LogP contribution in [0.3, 0.4) is 0 Å². The lowest BCUT2D eigenvalue weighted by atomic mass is 10.1. The van der Waals surface area contributed by atoms with Gasteiger partial charge in [0.05, 0.1) is 15.6 Å². The summed E-state index contributed by atoms with van der Waals surface area (Å²) in [5, 5.41) is 9.00. The molecule has 34 heavy (non-hydrogen) atoms. The van der Waals surface area contributed by atoms with Crippen molar-refractivity contribution >= 4 is 74.5 Å². The second-order valence-corrected chi connectivity index (χ2v) is 9.19. The van der Waals surface area contributed by atoms with Gasteiger partial charge in [0.1, 0.15) is 11.5 Å². The molecule has 8 heteroatoms. The first-order valence-corrected chi connectivity index (χ1v) is 11.8. The highest BCUT2D eigenvalue weighted by molar-refractivity contribution is 7.80. The Kier molecular flexibility index (Phi) is 7.29. The Morgan fingerprint density at radius 3 is 2.29 bits per heavy atom. The Morgan fingerprint density at radius 1 is 0.882 bits per heavy atom. The van der Waals surface area contributed by atoms with Gasteiger partial charge in [0.2, 0.25) is 0 Å². The van der Waals surface area contributed by atoms with Gasteiger partial charge >= 0.3 is 0 Å². The van der Waals surface area contributed by atoms with Crippen molar-refractivity contribution in [3.05, 3.63) is 98.5 Å². The van der Waals surface area contributed by atoms with Crippen LogP contribution < -0.4 is 15.4 Å². The minimum absolute atomic E-state index is 0.126. The van der Waals surface area contributed by atoms with Crippen LogP contribution in [-0.4, -0.2) is 11.0 Å². The van der Waals surface area contributed by atoms with Gasteiger partial charge in [-0.05, 0) is 67.5 Å². The monoisotopic (exact) mass is 528 g/mol. The number of carbonyl (C=O) groups excluding carboxylic acids is 1. The van der Waals surface area contributed by atoms with Gasteiger partial charge in [-0.25, -0.2) is 0 Å². The first-order chi connectivity index (χ1) is 16.3. The number of fused-ring (bicyclic) bond motifs is 1. The quantitative estimate of drug-likeness (QED) is 0.261. The van der Waals surface area contributed by atoms with E-state index in [9.17, 15) is 4.79 Å². The van der Waals surface area contributed by atoms with E-state index in [1.54, 1.807) is 30.3 Å². The number of benzene rings is 4. The lowest BCUT2D eigenvalue weighted by Gasteiger charge is -2.18. The number of hydrogen-bond donors (Lipinski definition) is 2. The SMILES string of the molecule is Cc1cc(NC(=S)NC(=O)c2ccccc2Cl)c(C)c(Cl)c1Oc1ccc(Cl)c2ccccc12. The third-order valence-corrected chi connectivity index (χ3v) is 6.61. The van der Waals surface area contributed by atoms with Gasteiger partial charge in [-0.1, -0.05) is 71.2 Å². The van der Waals surface area contributed by atoms with Crippen LogP contribution in [0.5, 0.6) is 11.5 Å². The molecule has 0 radical (unpaired) electrons. The average Bonchev–Trinajstić information content (AvgIpc) is 2.82. The minimum atomic E-state index is -0.404. The van der Waals surface area contributed by atoms with Crippen LogP contribution in [0.1, 0.15) is 21.5 Å². The van der Waals surface area contributed by atoms with Crippen molar-refractivity contribution < 1.29 is 9.53 Å². The van der Waals surface area contributed by atoms with Crippen LogP contribution in [0, 0.1) is 13.8 Å². The summed E-state index contributed by atoms with van der Waals surface area (Å²) < 4.78 is 6.25. The average molecular weight is 530 g/mol. The third-order valence-electron chi connectivity index (χ3n) is 5.29. The number of halogens is 3. The molecule has 4 nitrogen and oxygen atoms in total. The molecule has 0 aliphatic carbocycles. The zero-order valence-electron chi connectivity index (χ0n) is 18.2. The zero-order chi connectivity index (χ0) is 24.4. The van der Waals surface area contributed by atoms with Crippen molar-refractivity contribution in [2.75, 3.05) is 5.32 Å². The van der Waals surface area contributed by atoms with E-state index < -0.39 is 5.91 Å². The Morgan fingerprint density at radius 2 is 1.56 bits per heavy atom. The fourth-order valence-electron chi connectivity index (χ4n) is 3.51. The maximum atomic E-state index is 12.5. The Balaban J connectivity index is 1.57. The number of ether oxygens (including phenoxy) is 1. The van der Waals surface area contributed by atoms with E-state index in [1.165, 1.54) is 0 Å². The molecule has 172 valence electrons. The first kappa shape index (κ1) is 24.3. The summed E-state index contributed by atoms with van der Waals surface area (Å²) in [5.41, 5.74) is 2.49. The lowest BCUT2D eigenvalue weighted by molar-refractivity contribution is 0.0978. The molecular weight excluding hydrogens is 511 g/mol. The molecule has 0 heterocycles. The van der Waals surface area contributed by atoms with E-state index in [1.807, 2.05) is 50.2 Å². The largest absolute Gasteiger partial charge is 0.455 e. The molecule has 4 aromatic carbocycles. The van der Waals surface area contributed by atoms with Crippen molar-refractivity contribution in [1.29, 1.82) is 0 Å². The molecule has 1 amide bonds. The number of amides is 1. The molecule has 0 aliphatic heterocycles. The second-order valence-electron chi connectivity index (χ2n) is 7.59. The number of aryl methyl sites for hydroxylation is 1. The molecule has 2 N–H and O–H groups in total. The van der Waals surface area contributed by atoms with Crippen molar-refractivity contribution in [2.45, 2.75) is 13.8 Å². The minimum Gasteiger partial charge on any atom is -0.455 e. The van der Waals surface area contributed by atoms with Gasteiger partial charge in [-0.15, -0.1) is 0 Å². The topological polar surface area (TPSA) is 50.4 Å². The van der Waals surface area contributed by atoms with Crippen molar-refractivity contribution in [1.82, 2.24) is 5.32 Å². The van der Waals surface area contributed by atoms with Gasteiger partial charge in [0.25, 0.3) is 5.91 Å². The Hall–Kier alpha value is -2.83. The number of anilines is 1. The summed E-state index contributed by atoms with van der Waals surface area (Å²) in [6.07, 6.45) is 0. The van der Waals surface area contributed by atoms with Gasteiger partial charge in [0.15, 0.2) is 5.11 Å². The van der Waals surface area contributed by atoms with Crippen LogP contribution in [0.25, 0.3) is 10.8 Å². The fraction of sp³-hybridized carbons (Fsp3) is 0.0769. The summed E-state index contributed by atoms with van der Waals surface area (Å²) in [4.78, 5) is 12.5. The highest BCUT2D eigenvalue weighted by atomic mass is 35.5. The van der Waals surface area contributed by atoms with Crippen LogP contribution in [-0.2, 0) is 0 Å². The van der Waals surface area contributed by atoms with Crippen molar-refractivity contribution in [3.63, 3.8) is 0 Å². The normalized spacial score (nSPS) is 10.7. The molecular formula is C26H19Cl3N2O2S. The van der Waals surface area contributed by atoms with E-state index in [2.05, 4.69) is 10.6 Å². The van der Waals surface area contributed by atoms with Crippen LogP contribution >= 0.6 is 47.0 Å². The van der Waals surface area contributed by atoms with E-state index in [0.717, 1.165) is 21.9 Å². The van der Waals surface area contributed by atoms with E-state index >= 15 is 0 Å².